The van der Waals surface area contributed by atoms with Gasteiger partial charge in [-0.15, -0.1) is 0 Å². The minimum absolute atomic E-state index is 0.156. The van der Waals surface area contributed by atoms with Crippen molar-refractivity contribution in [3.63, 3.8) is 0 Å². The highest BCUT2D eigenvalue weighted by Gasteiger charge is 2.60. The summed E-state index contributed by atoms with van der Waals surface area (Å²) in [4.78, 5) is 0. The Labute approximate surface area is 95.5 Å². The van der Waals surface area contributed by atoms with E-state index in [-0.39, 0.29) is 11.0 Å². The number of nitrogens with two attached hydrogens (primary N) is 1. The van der Waals surface area contributed by atoms with E-state index in [0.717, 1.165) is 23.5 Å². The van der Waals surface area contributed by atoms with Crippen molar-refractivity contribution in [1.29, 1.82) is 0 Å². The second-order valence-corrected chi connectivity index (χ2v) is 5.36. The van der Waals surface area contributed by atoms with Crippen molar-refractivity contribution in [3.05, 3.63) is 23.8 Å². The first-order valence-electron chi connectivity index (χ1n) is 5.73. The zero-order chi connectivity index (χ0) is 11.4. The second kappa shape index (κ2) is 2.92. The highest BCUT2D eigenvalue weighted by Crippen LogP contribution is 2.62. The summed E-state index contributed by atoms with van der Waals surface area (Å²) >= 11 is 0. The smallest absolute Gasteiger partial charge is 0.166 e. The number of fused-ring (bicyclic) bond motifs is 1. The molecule has 0 amide bonds. The van der Waals surface area contributed by atoms with Crippen LogP contribution in [0.4, 0.5) is 0 Å². The lowest BCUT2D eigenvalue weighted by Gasteiger charge is -2.25. The average Bonchev–Trinajstić information content (AvgIpc) is 2.78. The quantitative estimate of drug-likeness (QED) is 0.786. The molecule has 0 spiro atoms. The molecule has 2 N–H and O–H groups in total. The van der Waals surface area contributed by atoms with Crippen LogP contribution in [-0.2, 0) is 5.54 Å². The minimum atomic E-state index is -0.251. The van der Waals surface area contributed by atoms with Crippen molar-refractivity contribution in [2.45, 2.75) is 25.8 Å². The van der Waals surface area contributed by atoms with E-state index in [1.807, 2.05) is 12.1 Å². The third-order valence-electron chi connectivity index (χ3n) is 3.85. The number of para-hydroxylation sites is 1. The highest BCUT2D eigenvalue weighted by molar-refractivity contribution is 5.53. The maximum absolute atomic E-state index is 6.43. The second-order valence-electron chi connectivity index (χ2n) is 5.36. The number of rotatable bonds is 1. The van der Waals surface area contributed by atoms with Crippen LogP contribution in [0.5, 0.6) is 11.5 Å². The molecule has 1 heterocycles. The first kappa shape index (κ1) is 9.97. The summed E-state index contributed by atoms with van der Waals surface area (Å²) in [5.74, 6) is 1.68. The Morgan fingerprint density at radius 1 is 1.19 bits per heavy atom. The van der Waals surface area contributed by atoms with Crippen LogP contribution in [0.3, 0.4) is 0 Å². The summed E-state index contributed by atoms with van der Waals surface area (Å²) in [7, 11) is 0. The summed E-state index contributed by atoms with van der Waals surface area (Å²) in [5, 5.41) is 0. The van der Waals surface area contributed by atoms with Gasteiger partial charge in [0.1, 0.15) is 13.2 Å². The van der Waals surface area contributed by atoms with Gasteiger partial charge >= 0.3 is 0 Å². The number of hydrogen-bond acceptors (Lipinski definition) is 3. The van der Waals surface area contributed by atoms with Crippen LogP contribution in [0.25, 0.3) is 0 Å². The van der Waals surface area contributed by atoms with Gasteiger partial charge in [0.05, 0.1) is 5.54 Å². The molecule has 0 aromatic heterocycles. The molecular weight excluding hydrogens is 202 g/mol. The molecule has 1 unspecified atom stereocenters. The maximum Gasteiger partial charge on any atom is 0.166 e. The third-order valence-corrected chi connectivity index (χ3v) is 3.85. The molecule has 1 aliphatic carbocycles. The van der Waals surface area contributed by atoms with Gasteiger partial charge in [-0.1, -0.05) is 26.0 Å². The Hall–Kier alpha value is -1.22. The van der Waals surface area contributed by atoms with Crippen LogP contribution in [-0.4, -0.2) is 13.2 Å². The van der Waals surface area contributed by atoms with Crippen LogP contribution < -0.4 is 15.2 Å². The third kappa shape index (κ3) is 1.18. The molecule has 3 rings (SSSR count). The largest absolute Gasteiger partial charge is 0.486 e. The van der Waals surface area contributed by atoms with Gasteiger partial charge < -0.3 is 15.2 Å². The van der Waals surface area contributed by atoms with Gasteiger partial charge in [-0.3, -0.25) is 0 Å². The molecule has 16 heavy (non-hydrogen) atoms. The normalized spacial score (nSPS) is 29.9. The molecule has 0 saturated heterocycles. The molecule has 3 nitrogen and oxygen atoms in total. The summed E-state index contributed by atoms with van der Waals surface area (Å²) in [6, 6.07) is 5.99. The van der Waals surface area contributed by atoms with Crippen LogP contribution in [0.2, 0.25) is 0 Å². The van der Waals surface area contributed by atoms with Crippen molar-refractivity contribution in [2.75, 3.05) is 13.2 Å². The van der Waals surface area contributed by atoms with Crippen molar-refractivity contribution >= 4 is 0 Å². The Bertz CT molecular complexity index is 442. The highest BCUT2D eigenvalue weighted by atomic mass is 16.6. The zero-order valence-electron chi connectivity index (χ0n) is 9.75. The minimum Gasteiger partial charge on any atom is -0.486 e. The molecule has 0 bridgehead atoms. The fourth-order valence-corrected chi connectivity index (χ4v) is 2.54. The van der Waals surface area contributed by atoms with E-state index in [9.17, 15) is 0 Å². The summed E-state index contributed by atoms with van der Waals surface area (Å²) < 4.78 is 11.3. The molecule has 1 atom stereocenters. The molecule has 1 fully saturated rings. The molecule has 1 aromatic rings. The van der Waals surface area contributed by atoms with Gasteiger partial charge in [-0.2, -0.15) is 0 Å². The first-order valence-corrected chi connectivity index (χ1v) is 5.73. The molecule has 2 aliphatic rings. The van der Waals surface area contributed by atoms with Gasteiger partial charge in [-0.25, -0.2) is 0 Å². The first-order chi connectivity index (χ1) is 7.55. The summed E-state index contributed by atoms with van der Waals surface area (Å²) in [6.07, 6.45) is 1.000. The van der Waals surface area contributed by atoms with Crippen molar-refractivity contribution in [1.82, 2.24) is 0 Å². The fraction of sp³-hybridized carbons (Fsp3) is 0.538. The van der Waals surface area contributed by atoms with Gasteiger partial charge in [0, 0.05) is 5.56 Å². The molecule has 86 valence electrons. The predicted octanol–water partition coefficient (Wildman–Crippen LogP) is 2.04. The van der Waals surface area contributed by atoms with E-state index >= 15 is 0 Å². The number of hydrogen-bond donors (Lipinski definition) is 1. The predicted molar refractivity (Wildman–Crippen MR) is 61.7 cm³/mol. The summed E-state index contributed by atoms with van der Waals surface area (Å²) in [6.45, 7) is 5.62. The Morgan fingerprint density at radius 2 is 1.88 bits per heavy atom. The molecule has 0 radical (unpaired) electrons. The Kier molecular flexibility index (Phi) is 1.82. The molecule has 1 aromatic carbocycles. The van der Waals surface area contributed by atoms with E-state index in [1.54, 1.807) is 0 Å². The van der Waals surface area contributed by atoms with Crippen LogP contribution >= 0.6 is 0 Å². The van der Waals surface area contributed by atoms with E-state index in [2.05, 4.69) is 19.9 Å². The van der Waals surface area contributed by atoms with E-state index in [0.29, 0.717) is 13.2 Å². The monoisotopic (exact) mass is 219 g/mol. The van der Waals surface area contributed by atoms with Crippen LogP contribution in [0.1, 0.15) is 25.8 Å². The average molecular weight is 219 g/mol. The molecular formula is C13H17NO2. The SMILES string of the molecule is CC1(C)CC1(N)c1cccc2c1OCCO2. The van der Waals surface area contributed by atoms with Crippen molar-refractivity contribution in [2.24, 2.45) is 11.1 Å². The Morgan fingerprint density at radius 3 is 2.56 bits per heavy atom. The van der Waals surface area contributed by atoms with Gasteiger partial charge in [0.25, 0.3) is 0 Å². The lowest BCUT2D eigenvalue weighted by molar-refractivity contribution is 0.168. The van der Waals surface area contributed by atoms with E-state index in [1.165, 1.54) is 0 Å². The standard InChI is InChI=1S/C13H17NO2/c1-12(2)8-13(12,14)9-4-3-5-10-11(9)16-7-6-15-10/h3-5H,6-8,14H2,1-2H3. The van der Waals surface area contributed by atoms with Gasteiger partial charge in [0.2, 0.25) is 0 Å². The lowest BCUT2D eigenvalue weighted by Crippen LogP contribution is -2.28. The fourth-order valence-electron chi connectivity index (χ4n) is 2.54. The Balaban J connectivity index is 2.09. The maximum atomic E-state index is 6.43. The topological polar surface area (TPSA) is 44.5 Å². The molecule has 1 saturated carbocycles. The van der Waals surface area contributed by atoms with Crippen molar-refractivity contribution in [3.8, 4) is 11.5 Å². The van der Waals surface area contributed by atoms with Crippen molar-refractivity contribution < 1.29 is 9.47 Å². The van der Waals surface area contributed by atoms with E-state index in [4.69, 9.17) is 15.2 Å². The van der Waals surface area contributed by atoms with Gasteiger partial charge in [0.15, 0.2) is 11.5 Å². The van der Waals surface area contributed by atoms with Crippen LogP contribution in [0.15, 0.2) is 18.2 Å². The van der Waals surface area contributed by atoms with Gasteiger partial charge in [-0.05, 0) is 17.9 Å². The number of ether oxygens (including phenoxy) is 2. The molecule has 1 aliphatic heterocycles. The zero-order valence-corrected chi connectivity index (χ0v) is 9.75. The number of benzene rings is 1. The molecule has 3 heteroatoms. The summed E-state index contributed by atoms with van der Waals surface area (Å²) in [5.41, 5.74) is 7.43. The van der Waals surface area contributed by atoms with E-state index < -0.39 is 0 Å². The van der Waals surface area contributed by atoms with Crippen LogP contribution in [0, 0.1) is 5.41 Å². The lowest BCUT2D eigenvalue weighted by atomic mass is 9.95.